The first-order chi connectivity index (χ1) is 13.2. The maximum atomic E-state index is 6.13. The molecule has 1 aromatic carbocycles. The second kappa shape index (κ2) is 9.65. The number of aliphatic imine (C=N–C) groups is 1. The van der Waals surface area contributed by atoms with Crippen molar-refractivity contribution >= 4 is 23.2 Å². The fourth-order valence-corrected chi connectivity index (χ4v) is 3.53. The van der Waals surface area contributed by atoms with Crippen molar-refractivity contribution in [3.8, 4) is 0 Å². The number of hydrogen-bond acceptors (Lipinski definition) is 3. The molecule has 1 fully saturated rings. The van der Waals surface area contributed by atoms with Gasteiger partial charge in [-0.25, -0.2) is 0 Å². The molecular formula is C20H29ClN6. The third kappa shape index (κ3) is 5.63. The molecule has 0 radical (unpaired) electrons. The molecule has 0 aliphatic carbocycles. The van der Waals surface area contributed by atoms with E-state index < -0.39 is 0 Å². The molecule has 2 heterocycles. The lowest BCUT2D eigenvalue weighted by atomic mass is 10.2. The Morgan fingerprint density at radius 1 is 1.26 bits per heavy atom. The summed E-state index contributed by atoms with van der Waals surface area (Å²) < 4.78 is 1.85. The van der Waals surface area contributed by atoms with Crippen LogP contribution in [-0.2, 0) is 13.5 Å². The highest BCUT2D eigenvalue weighted by molar-refractivity contribution is 6.30. The number of anilines is 1. The molecule has 0 amide bonds. The molecule has 7 heteroatoms. The molecule has 0 bridgehead atoms. The van der Waals surface area contributed by atoms with E-state index in [4.69, 9.17) is 16.6 Å². The Hall–Kier alpha value is -2.21. The Morgan fingerprint density at radius 3 is 2.74 bits per heavy atom. The van der Waals surface area contributed by atoms with Crippen molar-refractivity contribution in [1.82, 2.24) is 20.0 Å². The zero-order chi connectivity index (χ0) is 19.1. The largest absolute Gasteiger partial charge is 0.368 e. The van der Waals surface area contributed by atoms with Gasteiger partial charge in [-0.3, -0.25) is 9.67 Å². The van der Waals surface area contributed by atoms with Gasteiger partial charge in [0, 0.05) is 63.2 Å². The van der Waals surface area contributed by atoms with Gasteiger partial charge in [0.1, 0.15) is 0 Å². The summed E-state index contributed by atoms with van der Waals surface area (Å²) in [5, 5.41) is 8.45. The Morgan fingerprint density at radius 2 is 2.07 bits per heavy atom. The van der Waals surface area contributed by atoms with Crippen molar-refractivity contribution in [2.24, 2.45) is 12.0 Å². The molecule has 1 N–H and O–H groups in total. The van der Waals surface area contributed by atoms with E-state index in [9.17, 15) is 0 Å². The number of hydrogen-bond donors (Lipinski definition) is 1. The Bertz CT molecular complexity index is 748. The molecule has 0 unspecified atom stereocenters. The lowest BCUT2D eigenvalue weighted by Crippen LogP contribution is -2.52. The summed E-state index contributed by atoms with van der Waals surface area (Å²) in [6.45, 7) is 7.69. The minimum Gasteiger partial charge on any atom is -0.368 e. The van der Waals surface area contributed by atoms with Crippen LogP contribution in [0, 0.1) is 0 Å². The maximum Gasteiger partial charge on any atom is 0.194 e. The van der Waals surface area contributed by atoms with Gasteiger partial charge >= 0.3 is 0 Å². The van der Waals surface area contributed by atoms with Gasteiger partial charge in [0.15, 0.2) is 5.96 Å². The van der Waals surface area contributed by atoms with E-state index >= 15 is 0 Å². The van der Waals surface area contributed by atoms with Crippen molar-refractivity contribution in [3.63, 3.8) is 0 Å². The van der Waals surface area contributed by atoms with Crippen molar-refractivity contribution in [2.45, 2.75) is 19.8 Å². The topological polar surface area (TPSA) is 48.7 Å². The van der Waals surface area contributed by atoms with Crippen molar-refractivity contribution < 1.29 is 0 Å². The first-order valence-corrected chi connectivity index (χ1v) is 10.0. The first-order valence-electron chi connectivity index (χ1n) is 9.67. The summed E-state index contributed by atoms with van der Waals surface area (Å²) in [5.74, 6) is 1.02. The molecule has 1 aromatic heterocycles. The summed E-state index contributed by atoms with van der Waals surface area (Å²) in [7, 11) is 1.95. The van der Waals surface area contributed by atoms with Crippen LogP contribution in [0.1, 0.15) is 18.9 Å². The standard InChI is InChI=1S/C20H29ClN6/c1-3-22-20(23-9-5-6-17-15-24-25(2)16-17)27-12-10-26(11-13-27)19-8-4-7-18(21)14-19/h4,7-8,14-16H,3,5-6,9-13H2,1-2H3,(H,22,23). The smallest absolute Gasteiger partial charge is 0.194 e. The van der Waals surface area contributed by atoms with Gasteiger partial charge in [0.05, 0.1) is 6.20 Å². The van der Waals surface area contributed by atoms with Crippen LogP contribution < -0.4 is 10.2 Å². The van der Waals surface area contributed by atoms with Gasteiger partial charge in [-0.05, 0) is 43.5 Å². The number of halogens is 1. The zero-order valence-electron chi connectivity index (χ0n) is 16.2. The van der Waals surface area contributed by atoms with Gasteiger partial charge in [0.2, 0.25) is 0 Å². The molecule has 0 atom stereocenters. The second-order valence-electron chi connectivity index (χ2n) is 6.82. The van der Waals surface area contributed by atoms with E-state index in [1.165, 1.54) is 11.3 Å². The SMILES string of the molecule is CCNC(=NCCCc1cnn(C)c1)N1CCN(c2cccc(Cl)c2)CC1. The lowest BCUT2D eigenvalue weighted by Gasteiger charge is -2.37. The Labute approximate surface area is 166 Å². The van der Waals surface area contributed by atoms with Crippen molar-refractivity contribution in [3.05, 3.63) is 47.2 Å². The minimum atomic E-state index is 0.790. The normalized spacial score (nSPS) is 15.3. The Balaban J connectivity index is 1.51. The predicted octanol–water partition coefficient (Wildman–Crippen LogP) is 2.79. The molecule has 146 valence electrons. The summed E-state index contributed by atoms with van der Waals surface area (Å²) in [4.78, 5) is 9.57. The molecular weight excluding hydrogens is 360 g/mol. The molecule has 1 aliphatic heterocycles. The van der Waals surface area contributed by atoms with Crippen molar-refractivity contribution in [1.29, 1.82) is 0 Å². The fraction of sp³-hybridized carbons (Fsp3) is 0.500. The number of guanidine groups is 1. The first kappa shape index (κ1) is 19.5. The highest BCUT2D eigenvalue weighted by Crippen LogP contribution is 2.20. The lowest BCUT2D eigenvalue weighted by molar-refractivity contribution is 0.372. The monoisotopic (exact) mass is 388 g/mol. The van der Waals surface area contributed by atoms with E-state index in [0.717, 1.165) is 63.1 Å². The molecule has 6 nitrogen and oxygen atoms in total. The fourth-order valence-electron chi connectivity index (χ4n) is 3.34. The summed E-state index contributed by atoms with van der Waals surface area (Å²) in [6.07, 6.45) is 6.05. The van der Waals surface area contributed by atoms with E-state index in [-0.39, 0.29) is 0 Å². The van der Waals surface area contributed by atoms with Crippen LogP contribution in [0.2, 0.25) is 5.02 Å². The molecule has 27 heavy (non-hydrogen) atoms. The minimum absolute atomic E-state index is 0.790. The molecule has 2 aromatic rings. The molecule has 1 aliphatic rings. The van der Waals surface area contributed by atoms with Crippen LogP contribution in [0.25, 0.3) is 0 Å². The van der Waals surface area contributed by atoms with Crippen LogP contribution in [0.5, 0.6) is 0 Å². The van der Waals surface area contributed by atoms with E-state index in [1.54, 1.807) is 0 Å². The third-order valence-corrected chi connectivity index (χ3v) is 4.97. The molecule has 0 saturated carbocycles. The van der Waals surface area contributed by atoms with Crippen LogP contribution in [0.4, 0.5) is 5.69 Å². The van der Waals surface area contributed by atoms with E-state index in [0.29, 0.717) is 0 Å². The number of aryl methyl sites for hydroxylation is 2. The number of nitrogens with zero attached hydrogens (tertiary/aromatic N) is 5. The van der Waals surface area contributed by atoms with Crippen LogP contribution in [0.3, 0.4) is 0 Å². The number of piperazine rings is 1. The van der Waals surface area contributed by atoms with E-state index in [2.05, 4.69) is 39.4 Å². The van der Waals surface area contributed by atoms with Gasteiger partial charge in [-0.2, -0.15) is 5.10 Å². The van der Waals surface area contributed by atoms with Crippen LogP contribution in [0.15, 0.2) is 41.7 Å². The quantitative estimate of drug-likeness (QED) is 0.469. The van der Waals surface area contributed by atoms with Crippen molar-refractivity contribution in [2.75, 3.05) is 44.2 Å². The van der Waals surface area contributed by atoms with Gasteiger partial charge in [-0.15, -0.1) is 0 Å². The summed E-state index contributed by atoms with van der Waals surface area (Å²) in [6, 6.07) is 8.09. The van der Waals surface area contributed by atoms with Gasteiger partial charge in [-0.1, -0.05) is 17.7 Å². The molecule has 0 spiro atoms. The Kier molecular flexibility index (Phi) is 6.98. The van der Waals surface area contributed by atoms with Gasteiger partial charge < -0.3 is 15.1 Å². The van der Waals surface area contributed by atoms with E-state index in [1.807, 2.05) is 36.1 Å². The highest BCUT2D eigenvalue weighted by atomic mass is 35.5. The molecule has 1 saturated heterocycles. The van der Waals surface area contributed by atoms with Crippen LogP contribution >= 0.6 is 11.6 Å². The average molecular weight is 389 g/mol. The summed E-state index contributed by atoms with van der Waals surface area (Å²) in [5.41, 5.74) is 2.47. The third-order valence-electron chi connectivity index (χ3n) is 4.73. The van der Waals surface area contributed by atoms with Crippen LogP contribution in [-0.4, -0.2) is 59.9 Å². The average Bonchev–Trinajstić information content (AvgIpc) is 3.09. The second-order valence-corrected chi connectivity index (χ2v) is 7.25. The number of benzene rings is 1. The number of aromatic nitrogens is 2. The van der Waals surface area contributed by atoms with Gasteiger partial charge in [0.25, 0.3) is 0 Å². The highest BCUT2D eigenvalue weighted by Gasteiger charge is 2.19. The summed E-state index contributed by atoms with van der Waals surface area (Å²) >= 11 is 6.13. The number of nitrogens with one attached hydrogen (secondary N) is 1. The zero-order valence-corrected chi connectivity index (χ0v) is 17.0. The number of rotatable bonds is 6. The predicted molar refractivity (Wildman–Crippen MR) is 113 cm³/mol. The maximum absolute atomic E-state index is 6.13. The molecule has 3 rings (SSSR count).